The van der Waals surface area contributed by atoms with Crippen LogP contribution in [0.3, 0.4) is 0 Å². The lowest BCUT2D eigenvalue weighted by molar-refractivity contribution is 0.488. The van der Waals surface area contributed by atoms with E-state index in [-0.39, 0.29) is 0 Å². The molecular formula is C45H28O. The Balaban J connectivity index is 1.27. The van der Waals surface area contributed by atoms with Crippen molar-refractivity contribution in [3.05, 3.63) is 192 Å². The second kappa shape index (κ2) is 9.54. The molecule has 2 aliphatic rings. The van der Waals surface area contributed by atoms with Gasteiger partial charge in [0.1, 0.15) is 11.5 Å². The summed E-state index contributed by atoms with van der Waals surface area (Å²) in [7, 11) is 0. The molecule has 8 aromatic carbocycles. The number of rotatable bonds is 3. The lowest BCUT2D eigenvalue weighted by Gasteiger charge is -2.34. The summed E-state index contributed by atoms with van der Waals surface area (Å²) in [5.41, 5.74) is 12.2. The van der Waals surface area contributed by atoms with Gasteiger partial charge in [-0.3, -0.25) is 0 Å². The highest BCUT2D eigenvalue weighted by atomic mass is 16.5. The number of hydrogen-bond acceptors (Lipinski definition) is 1. The molecule has 0 atom stereocenters. The zero-order valence-electron chi connectivity index (χ0n) is 25.1. The van der Waals surface area contributed by atoms with Crippen LogP contribution >= 0.6 is 0 Å². The molecule has 1 aliphatic heterocycles. The van der Waals surface area contributed by atoms with Crippen molar-refractivity contribution < 1.29 is 4.74 Å². The van der Waals surface area contributed by atoms with Gasteiger partial charge in [-0.15, -0.1) is 0 Å². The van der Waals surface area contributed by atoms with E-state index in [4.69, 9.17) is 4.74 Å². The first-order valence-electron chi connectivity index (χ1n) is 15.9. The van der Waals surface area contributed by atoms with E-state index in [0.29, 0.717) is 0 Å². The molecular weight excluding hydrogens is 556 g/mol. The normalized spacial score (nSPS) is 13.6. The summed E-state index contributed by atoms with van der Waals surface area (Å²) < 4.78 is 6.65. The van der Waals surface area contributed by atoms with Crippen molar-refractivity contribution in [1.29, 1.82) is 0 Å². The molecule has 1 aliphatic carbocycles. The maximum absolute atomic E-state index is 6.65. The third-order valence-corrected chi connectivity index (χ3v) is 10.1. The molecule has 0 saturated heterocycles. The van der Waals surface area contributed by atoms with E-state index in [1.165, 1.54) is 71.6 Å². The van der Waals surface area contributed by atoms with Gasteiger partial charge in [-0.2, -0.15) is 0 Å². The molecule has 0 amide bonds. The van der Waals surface area contributed by atoms with E-state index in [0.717, 1.165) is 17.1 Å². The van der Waals surface area contributed by atoms with Crippen molar-refractivity contribution in [2.24, 2.45) is 0 Å². The minimum atomic E-state index is -0.431. The van der Waals surface area contributed by atoms with Gasteiger partial charge in [0.2, 0.25) is 0 Å². The summed E-state index contributed by atoms with van der Waals surface area (Å²) in [6, 6.07) is 62.0. The minimum absolute atomic E-state index is 0.431. The van der Waals surface area contributed by atoms with Crippen LogP contribution < -0.4 is 4.74 Å². The van der Waals surface area contributed by atoms with Crippen LogP contribution in [0.15, 0.2) is 170 Å². The van der Waals surface area contributed by atoms with Gasteiger partial charge in [0, 0.05) is 10.9 Å². The topological polar surface area (TPSA) is 9.23 Å². The largest absolute Gasteiger partial charge is 0.456 e. The van der Waals surface area contributed by atoms with Gasteiger partial charge < -0.3 is 4.74 Å². The molecule has 0 radical (unpaired) electrons. The first-order chi connectivity index (χ1) is 22.8. The Morgan fingerprint density at radius 1 is 0.370 bits per heavy atom. The van der Waals surface area contributed by atoms with Crippen molar-refractivity contribution in [2.75, 3.05) is 0 Å². The van der Waals surface area contributed by atoms with Crippen LogP contribution in [-0.2, 0) is 5.41 Å². The van der Waals surface area contributed by atoms with Gasteiger partial charge in [-0.1, -0.05) is 152 Å². The molecule has 1 nitrogen and oxygen atoms in total. The molecule has 1 heterocycles. The number of fused-ring (bicyclic) bond motifs is 6. The predicted octanol–water partition coefficient (Wildman–Crippen LogP) is 11.8. The second-order valence-corrected chi connectivity index (χ2v) is 12.4. The average Bonchev–Trinajstić information content (AvgIpc) is 3.43. The van der Waals surface area contributed by atoms with Crippen molar-refractivity contribution >= 4 is 21.5 Å². The quantitative estimate of drug-likeness (QED) is 0.201. The minimum Gasteiger partial charge on any atom is -0.456 e. The van der Waals surface area contributed by atoms with E-state index in [1.54, 1.807) is 0 Å². The first-order valence-corrected chi connectivity index (χ1v) is 15.9. The fourth-order valence-corrected chi connectivity index (χ4v) is 8.27. The summed E-state index contributed by atoms with van der Waals surface area (Å²) in [5.74, 6) is 1.82. The predicted molar refractivity (Wildman–Crippen MR) is 190 cm³/mol. The Hall–Kier alpha value is -5.92. The van der Waals surface area contributed by atoms with Crippen LogP contribution in [-0.4, -0.2) is 0 Å². The number of hydrogen-bond donors (Lipinski definition) is 0. The van der Waals surface area contributed by atoms with Crippen molar-refractivity contribution in [2.45, 2.75) is 5.41 Å². The Morgan fingerprint density at radius 2 is 0.978 bits per heavy atom. The van der Waals surface area contributed by atoms with Crippen molar-refractivity contribution in [3.63, 3.8) is 0 Å². The summed E-state index contributed by atoms with van der Waals surface area (Å²) in [4.78, 5) is 0. The molecule has 46 heavy (non-hydrogen) atoms. The van der Waals surface area contributed by atoms with Crippen LogP contribution in [0.2, 0.25) is 0 Å². The summed E-state index contributed by atoms with van der Waals surface area (Å²) in [6.45, 7) is 0. The maximum Gasteiger partial charge on any atom is 0.135 e. The molecule has 0 fully saturated rings. The zero-order chi connectivity index (χ0) is 30.2. The smallest absolute Gasteiger partial charge is 0.135 e. The van der Waals surface area contributed by atoms with Crippen molar-refractivity contribution in [1.82, 2.24) is 0 Å². The van der Waals surface area contributed by atoms with Gasteiger partial charge in [-0.25, -0.2) is 0 Å². The molecule has 8 aromatic rings. The third kappa shape index (κ3) is 3.35. The molecule has 0 saturated carbocycles. The SMILES string of the molecule is c1ccc(C2(c3ccccc3)c3ccccc3-c3c(-c4ccc5c6c(cccc46)-c4cc6ccccc6cc4O5)cccc32)cc1. The highest BCUT2D eigenvalue weighted by molar-refractivity contribution is 6.13. The van der Waals surface area contributed by atoms with Crippen LogP contribution in [0.1, 0.15) is 22.3 Å². The molecule has 0 N–H and O–H groups in total. The summed E-state index contributed by atoms with van der Waals surface area (Å²) in [6.07, 6.45) is 0. The van der Waals surface area contributed by atoms with Gasteiger partial charge in [-0.05, 0) is 84.4 Å². The molecule has 10 rings (SSSR count). The Bertz CT molecular complexity index is 2450. The average molecular weight is 585 g/mol. The first kappa shape index (κ1) is 25.4. The highest BCUT2D eigenvalue weighted by Crippen LogP contribution is 2.59. The number of benzene rings is 8. The monoisotopic (exact) mass is 584 g/mol. The maximum atomic E-state index is 6.65. The Morgan fingerprint density at radius 3 is 1.76 bits per heavy atom. The van der Waals surface area contributed by atoms with Gasteiger partial charge in [0.05, 0.1) is 5.41 Å². The van der Waals surface area contributed by atoms with Crippen LogP contribution in [0, 0.1) is 0 Å². The standard InChI is InChI=1S/C45H28O/c1-3-15-31(16-4-1)45(32-17-5-2-6-18-32)39-23-10-9-19-37(39)43-34(22-12-24-40(43)45)33-25-26-41-44-35(33)20-11-21-36(44)38-27-29-13-7-8-14-30(29)28-42(38)46-41/h1-28H. The lowest BCUT2D eigenvalue weighted by atomic mass is 9.67. The molecule has 0 spiro atoms. The third-order valence-electron chi connectivity index (χ3n) is 10.1. The van der Waals surface area contributed by atoms with Crippen LogP contribution in [0.4, 0.5) is 0 Å². The van der Waals surface area contributed by atoms with E-state index in [2.05, 4.69) is 170 Å². The molecule has 214 valence electrons. The molecule has 0 aromatic heterocycles. The Labute approximate surface area is 268 Å². The lowest BCUT2D eigenvalue weighted by Crippen LogP contribution is -2.28. The molecule has 0 bridgehead atoms. The fourth-order valence-electron chi connectivity index (χ4n) is 8.27. The van der Waals surface area contributed by atoms with Crippen molar-refractivity contribution in [3.8, 4) is 44.9 Å². The molecule has 0 unspecified atom stereocenters. The Kier molecular flexibility index (Phi) is 5.27. The van der Waals surface area contributed by atoms with E-state index in [1.807, 2.05) is 0 Å². The zero-order valence-corrected chi connectivity index (χ0v) is 25.1. The molecule has 1 heteroatoms. The second-order valence-electron chi connectivity index (χ2n) is 12.4. The van der Waals surface area contributed by atoms with Crippen LogP contribution in [0.25, 0.3) is 54.9 Å². The summed E-state index contributed by atoms with van der Waals surface area (Å²) in [5, 5.41) is 4.78. The van der Waals surface area contributed by atoms with Gasteiger partial charge in [0.15, 0.2) is 0 Å². The van der Waals surface area contributed by atoms with E-state index >= 15 is 0 Å². The fraction of sp³-hybridized carbons (Fsp3) is 0.0222. The highest BCUT2D eigenvalue weighted by Gasteiger charge is 2.46. The van der Waals surface area contributed by atoms with Gasteiger partial charge in [0.25, 0.3) is 0 Å². The van der Waals surface area contributed by atoms with E-state index < -0.39 is 5.41 Å². The van der Waals surface area contributed by atoms with Gasteiger partial charge >= 0.3 is 0 Å². The van der Waals surface area contributed by atoms with E-state index in [9.17, 15) is 0 Å². The van der Waals surface area contributed by atoms with Crippen LogP contribution in [0.5, 0.6) is 11.5 Å². The summed E-state index contributed by atoms with van der Waals surface area (Å²) >= 11 is 0. The number of ether oxygens (including phenoxy) is 1.